The third-order valence-electron chi connectivity index (χ3n) is 3.54. The lowest BCUT2D eigenvalue weighted by Crippen LogP contribution is -2.28. The summed E-state index contributed by atoms with van der Waals surface area (Å²) >= 11 is 0. The Labute approximate surface area is 126 Å². The van der Waals surface area contributed by atoms with Gasteiger partial charge in [-0.25, -0.2) is 5.10 Å². The largest absolute Gasteiger partial charge is 0.497 e. The molecule has 2 heterocycles. The molecular formula is C14H15N5O3. The summed E-state index contributed by atoms with van der Waals surface area (Å²) in [6, 6.07) is 7.16. The first-order valence-electron chi connectivity index (χ1n) is 6.78. The Morgan fingerprint density at radius 3 is 2.82 bits per heavy atom. The Hall–Kier alpha value is -2.90. The van der Waals surface area contributed by atoms with Crippen molar-refractivity contribution >= 4 is 23.5 Å². The highest BCUT2D eigenvalue weighted by atomic mass is 16.5. The summed E-state index contributed by atoms with van der Waals surface area (Å²) in [4.78, 5) is 29.7. The van der Waals surface area contributed by atoms with E-state index in [9.17, 15) is 9.59 Å². The van der Waals surface area contributed by atoms with Crippen molar-refractivity contribution in [1.82, 2.24) is 15.2 Å². The third-order valence-corrected chi connectivity index (χ3v) is 3.54. The first-order valence-corrected chi connectivity index (χ1v) is 6.78. The smallest absolute Gasteiger partial charge is 0.232 e. The molecule has 3 rings (SSSR count). The molecule has 1 saturated heterocycles. The number of rotatable bonds is 4. The number of hydrogen-bond donors (Lipinski definition) is 2. The fourth-order valence-electron chi connectivity index (χ4n) is 2.38. The molecular weight excluding hydrogens is 286 g/mol. The van der Waals surface area contributed by atoms with E-state index in [1.54, 1.807) is 36.3 Å². The van der Waals surface area contributed by atoms with Crippen LogP contribution in [0, 0.1) is 5.92 Å². The van der Waals surface area contributed by atoms with Gasteiger partial charge in [0.15, 0.2) is 0 Å². The Kier molecular flexibility index (Phi) is 3.73. The van der Waals surface area contributed by atoms with Crippen LogP contribution in [0.2, 0.25) is 0 Å². The summed E-state index contributed by atoms with van der Waals surface area (Å²) in [5.41, 5.74) is 0.751. The molecule has 1 fully saturated rings. The van der Waals surface area contributed by atoms with E-state index in [4.69, 9.17) is 4.74 Å². The second kappa shape index (κ2) is 5.84. The van der Waals surface area contributed by atoms with E-state index < -0.39 is 5.92 Å². The van der Waals surface area contributed by atoms with Gasteiger partial charge in [-0.1, -0.05) is 0 Å². The highest BCUT2D eigenvalue weighted by Crippen LogP contribution is 2.27. The minimum atomic E-state index is -0.417. The molecule has 8 heteroatoms. The third kappa shape index (κ3) is 2.76. The number of methoxy groups -OCH3 is 1. The number of carbonyl (C=O) groups is 2. The van der Waals surface area contributed by atoms with Crippen LogP contribution in [0.25, 0.3) is 0 Å². The van der Waals surface area contributed by atoms with Gasteiger partial charge >= 0.3 is 0 Å². The quantitative estimate of drug-likeness (QED) is 0.870. The Morgan fingerprint density at radius 1 is 1.41 bits per heavy atom. The molecule has 2 N–H and O–H groups in total. The van der Waals surface area contributed by atoms with Crippen LogP contribution in [0.15, 0.2) is 30.6 Å². The van der Waals surface area contributed by atoms with Gasteiger partial charge in [-0.3, -0.25) is 14.9 Å². The van der Waals surface area contributed by atoms with Crippen LogP contribution in [0.4, 0.5) is 11.6 Å². The van der Waals surface area contributed by atoms with Gasteiger partial charge in [-0.2, -0.15) is 10.1 Å². The lowest BCUT2D eigenvalue weighted by atomic mass is 10.1. The number of anilines is 2. The average molecular weight is 301 g/mol. The Balaban J connectivity index is 1.68. The van der Waals surface area contributed by atoms with E-state index in [0.29, 0.717) is 6.54 Å². The summed E-state index contributed by atoms with van der Waals surface area (Å²) in [7, 11) is 1.58. The predicted molar refractivity (Wildman–Crippen MR) is 78.5 cm³/mol. The molecule has 8 nitrogen and oxygen atoms in total. The van der Waals surface area contributed by atoms with Crippen LogP contribution in [0.1, 0.15) is 6.42 Å². The van der Waals surface area contributed by atoms with Crippen molar-refractivity contribution in [1.29, 1.82) is 0 Å². The van der Waals surface area contributed by atoms with E-state index in [1.165, 1.54) is 6.33 Å². The molecule has 114 valence electrons. The number of carbonyl (C=O) groups excluding carboxylic acids is 2. The van der Waals surface area contributed by atoms with E-state index >= 15 is 0 Å². The van der Waals surface area contributed by atoms with E-state index in [-0.39, 0.29) is 24.2 Å². The molecule has 1 aromatic heterocycles. The first kappa shape index (κ1) is 14.1. The molecule has 1 aliphatic heterocycles. The normalized spacial score (nSPS) is 17.6. The van der Waals surface area contributed by atoms with Crippen molar-refractivity contribution in [2.24, 2.45) is 5.92 Å². The molecule has 0 aliphatic carbocycles. The van der Waals surface area contributed by atoms with Crippen molar-refractivity contribution in [3.63, 3.8) is 0 Å². The van der Waals surface area contributed by atoms with Gasteiger partial charge in [-0.15, -0.1) is 0 Å². The molecule has 1 aromatic carbocycles. The molecule has 0 saturated carbocycles. The van der Waals surface area contributed by atoms with Crippen LogP contribution >= 0.6 is 0 Å². The molecule has 2 aromatic rings. The van der Waals surface area contributed by atoms with Crippen LogP contribution in [0.3, 0.4) is 0 Å². The number of aromatic amines is 1. The van der Waals surface area contributed by atoms with Crippen LogP contribution in [-0.4, -0.2) is 40.7 Å². The summed E-state index contributed by atoms with van der Waals surface area (Å²) in [5.74, 6) is 0.249. The van der Waals surface area contributed by atoms with Crippen LogP contribution < -0.4 is 15.0 Å². The maximum absolute atomic E-state index is 12.1. The molecule has 0 unspecified atom stereocenters. The van der Waals surface area contributed by atoms with Gasteiger partial charge in [0, 0.05) is 18.7 Å². The van der Waals surface area contributed by atoms with Gasteiger partial charge < -0.3 is 9.64 Å². The van der Waals surface area contributed by atoms with Gasteiger partial charge in [0.25, 0.3) is 0 Å². The number of aromatic nitrogens is 3. The zero-order valence-electron chi connectivity index (χ0n) is 11.9. The molecule has 22 heavy (non-hydrogen) atoms. The van der Waals surface area contributed by atoms with Gasteiger partial charge in [0.2, 0.25) is 17.8 Å². The Morgan fingerprint density at radius 2 is 2.18 bits per heavy atom. The van der Waals surface area contributed by atoms with Gasteiger partial charge in [0.1, 0.15) is 12.1 Å². The molecule has 0 radical (unpaired) electrons. The first-order chi connectivity index (χ1) is 10.7. The summed E-state index contributed by atoms with van der Waals surface area (Å²) in [6.45, 7) is 0.338. The predicted octanol–water partition coefficient (Wildman–Crippen LogP) is 0.805. The maximum atomic E-state index is 12.1. The highest BCUT2D eigenvalue weighted by molar-refractivity contribution is 6.03. The summed E-state index contributed by atoms with van der Waals surface area (Å²) < 4.78 is 5.09. The average Bonchev–Trinajstić information content (AvgIpc) is 3.17. The zero-order chi connectivity index (χ0) is 15.5. The zero-order valence-corrected chi connectivity index (χ0v) is 11.9. The lowest BCUT2D eigenvalue weighted by Gasteiger charge is -2.16. The van der Waals surface area contributed by atoms with Crippen LogP contribution in [-0.2, 0) is 9.59 Å². The highest BCUT2D eigenvalue weighted by Gasteiger charge is 2.35. The lowest BCUT2D eigenvalue weighted by molar-refractivity contribution is -0.122. The van der Waals surface area contributed by atoms with E-state index in [2.05, 4.69) is 20.5 Å². The molecule has 0 bridgehead atoms. The monoisotopic (exact) mass is 301 g/mol. The van der Waals surface area contributed by atoms with Crippen molar-refractivity contribution in [2.45, 2.75) is 6.42 Å². The molecule has 1 atom stereocenters. The Bertz CT molecular complexity index is 668. The molecule has 1 aliphatic rings. The second-order valence-electron chi connectivity index (χ2n) is 4.93. The number of nitrogens with zero attached hydrogens (tertiary/aromatic N) is 3. The standard InChI is InChI=1S/C14H15N5O3/c1-22-11-4-2-10(3-5-11)19-7-9(6-12(19)20)13(21)17-14-15-8-16-18-14/h2-5,8-9H,6-7H2,1H3,(H2,15,16,17,18,21)/t9-/m0/s1. The number of amides is 2. The number of nitrogens with one attached hydrogen (secondary N) is 2. The summed E-state index contributed by atoms with van der Waals surface area (Å²) in [6.07, 6.45) is 1.48. The van der Waals surface area contributed by atoms with Gasteiger partial charge in [0.05, 0.1) is 13.0 Å². The fraction of sp³-hybridized carbons (Fsp3) is 0.286. The minimum absolute atomic E-state index is 0.0807. The molecule has 2 amide bonds. The topological polar surface area (TPSA) is 100 Å². The molecule has 0 spiro atoms. The second-order valence-corrected chi connectivity index (χ2v) is 4.93. The SMILES string of the molecule is COc1ccc(N2C[C@@H](C(=O)Nc3ncn[nH]3)CC2=O)cc1. The minimum Gasteiger partial charge on any atom is -0.497 e. The maximum Gasteiger partial charge on any atom is 0.232 e. The van der Waals surface area contributed by atoms with Crippen molar-refractivity contribution in [3.8, 4) is 5.75 Å². The number of ether oxygens (including phenoxy) is 1. The van der Waals surface area contributed by atoms with Gasteiger partial charge in [-0.05, 0) is 24.3 Å². The fourth-order valence-corrected chi connectivity index (χ4v) is 2.38. The van der Waals surface area contributed by atoms with Crippen molar-refractivity contribution < 1.29 is 14.3 Å². The van der Waals surface area contributed by atoms with E-state index in [0.717, 1.165) is 11.4 Å². The van der Waals surface area contributed by atoms with Crippen LogP contribution in [0.5, 0.6) is 5.75 Å². The van der Waals surface area contributed by atoms with E-state index in [1.807, 2.05) is 0 Å². The number of hydrogen-bond acceptors (Lipinski definition) is 5. The summed E-state index contributed by atoms with van der Waals surface area (Å²) in [5, 5.41) is 8.82. The van der Waals surface area contributed by atoms with Crippen molar-refractivity contribution in [3.05, 3.63) is 30.6 Å². The van der Waals surface area contributed by atoms with Crippen molar-refractivity contribution in [2.75, 3.05) is 23.9 Å². The number of benzene rings is 1. The number of H-pyrrole nitrogens is 1.